The summed E-state index contributed by atoms with van der Waals surface area (Å²) in [5.41, 5.74) is 1.29. The van der Waals surface area contributed by atoms with Crippen LogP contribution >= 0.6 is 15.9 Å². The molecule has 0 unspecified atom stereocenters. The maximum absolute atomic E-state index is 12.6. The Morgan fingerprint density at radius 1 is 1.15 bits per heavy atom. The molecule has 0 aliphatic carbocycles. The van der Waals surface area contributed by atoms with E-state index in [2.05, 4.69) is 26.6 Å². The third-order valence-corrected chi connectivity index (χ3v) is 4.35. The van der Waals surface area contributed by atoms with E-state index in [0.29, 0.717) is 33.6 Å². The van der Waals surface area contributed by atoms with E-state index < -0.39 is 0 Å². The lowest BCUT2D eigenvalue weighted by Crippen LogP contribution is -2.34. The van der Waals surface area contributed by atoms with Gasteiger partial charge < -0.3 is 20.1 Å². The lowest BCUT2D eigenvalue weighted by atomic mass is 10.1. The number of carbonyl (C=O) groups is 2. The van der Waals surface area contributed by atoms with Gasteiger partial charge in [0, 0.05) is 11.0 Å². The molecule has 26 heavy (non-hydrogen) atoms. The predicted octanol–water partition coefficient (Wildman–Crippen LogP) is 3.08. The third-order valence-electron chi connectivity index (χ3n) is 3.66. The lowest BCUT2D eigenvalue weighted by Gasteiger charge is -2.11. The van der Waals surface area contributed by atoms with E-state index in [-0.39, 0.29) is 24.3 Å². The highest BCUT2D eigenvalue weighted by Gasteiger charge is 2.17. The number of nitrogens with one attached hydrogen (secondary N) is 2. The van der Waals surface area contributed by atoms with E-state index in [9.17, 15) is 9.59 Å². The quantitative estimate of drug-likeness (QED) is 0.734. The smallest absolute Gasteiger partial charge is 0.267 e. The van der Waals surface area contributed by atoms with Gasteiger partial charge in [-0.3, -0.25) is 9.59 Å². The van der Waals surface area contributed by atoms with Crippen molar-refractivity contribution in [3.05, 3.63) is 63.8 Å². The maximum Gasteiger partial charge on any atom is 0.267 e. The molecule has 0 aromatic heterocycles. The van der Waals surface area contributed by atoms with Crippen LogP contribution in [0, 0.1) is 0 Å². The Bertz CT molecular complexity index is 880. The molecule has 134 valence electrons. The SMILES string of the molecule is CCNC(=O)C(=Cc1ccc2c(c1)OCO2)NC(=O)c1ccccc1Br. The van der Waals surface area contributed by atoms with Crippen molar-refractivity contribution in [1.29, 1.82) is 0 Å². The molecule has 7 heteroatoms. The number of amides is 2. The normalized spacial score (nSPS) is 12.6. The molecule has 2 N–H and O–H groups in total. The van der Waals surface area contributed by atoms with Gasteiger partial charge in [-0.2, -0.15) is 0 Å². The zero-order chi connectivity index (χ0) is 18.5. The summed E-state index contributed by atoms with van der Waals surface area (Å²) in [4.78, 5) is 24.9. The summed E-state index contributed by atoms with van der Waals surface area (Å²) in [6, 6.07) is 12.3. The average molecular weight is 417 g/mol. The number of ether oxygens (including phenoxy) is 2. The number of fused-ring (bicyclic) bond motifs is 1. The van der Waals surface area contributed by atoms with Gasteiger partial charge in [0.2, 0.25) is 6.79 Å². The molecule has 2 aromatic rings. The number of hydrogen-bond acceptors (Lipinski definition) is 4. The standard InChI is InChI=1S/C19H17BrN2O4/c1-2-21-19(24)15(22-18(23)13-5-3-4-6-14(13)20)9-12-7-8-16-17(10-12)26-11-25-16/h3-10H,2,11H2,1H3,(H,21,24)(H,22,23). The Kier molecular flexibility index (Phi) is 5.58. The van der Waals surface area contributed by atoms with Crippen LogP contribution in [0.1, 0.15) is 22.8 Å². The molecule has 0 radical (unpaired) electrons. The first-order chi connectivity index (χ1) is 12.6. The van der Waals surface area contributed by atoms with Crippen molar-refractivity contribution in [2.75, 3.05) is 13.3 Å². The number of halogens is 1. The zero-order valence-corrected chi connectivity index (χ0v) is 15.6. The van der Waals surface area contributed by atoms with Gasteiger partial charge in [0.1, 0.15) is 5.70 Å². The molecule has 0 saturated heterocycles. The molecule has 0 fully saturated rings. The summed E-state index contributed by atoms with van der Waals surface area (Å²) in [7, 11) is 0. The average Bonchev–Trinajstić information content (AvgIpc) is 3.09. The van der Waals surface area contributed by atoms with Gasteiger partial charge in [-0.1, -0.05) is 18.2 Å². The van der Waals surface area contributed by atoms with Gasteiger partial charge in [-0.05, 0) is 58.8 Å². The molecule has 0 spiro atoms. The summed E-state index contributed by atoms with van der Waals surface area (Å²) in [6.45, 7) is 2.43. The van der Waals surface area contributed by atoms with Gasteiger partial charge in [0.15, 0.2) is 11.5 Å². The summed E-state index contributed by atoms with van der Waals surface area (Å²) in [5, 5.41) is 5.38. The van der Waals surface area contributed by atoms with Crippen LogP contribution in [0.25, 0.3) is 6.08 Å². The summed E-state index contributed by atoms with van der Waals surface area (Å²) in [5.74, 6) is 0.506. The summed E-state index contributed by atoms with van der Waals surface area (Å²) < 4.78 is 11.3. The molecule has 0 atom stereocenters. The molecule has 2 amide bonds. The van der Waals surface area contributed by atoms with Crippen LogP contribution in [0.4, 0.5) is 0 Å². The van der Waals surface area contributed by atoms with Crippen LogP contribution in [0.15, 0.2) is 52.6 Å². The van der Waals surface area contributed by atoms with Crippen molar-refractivity contribution >= 4 is 33.8 Å². The van der Waals surface area contributed by atoms with Gasteiger partial charge in [-0.25, -0.2) is 0 Å². The summed E-state index contributed by atoms with van der Waals surface area (Å²) in [6.07, 6.45) is 1.60. The van der Waals surface area contributed by atoms with Crippen molar-refractivity contribution in [3.63, 3.8) is 0 Å². The van der Waals surface area contributed by atoms with Gasteiger partial charge in [0.25, 0.3) is 11.8 Å². The molecule has 1 aliphatic heterocycles. The second kappa shape index (κ2) is 8.05. The fourth-order valence-electron chi connectivity index (χ4n) is 2.42. The number of carbonyl (C=O) groups excluding carboxylic acids is 2. The topological polar surface area (TPSA) is 76.7 Å². The Balaban J connectivity index is 1.89. The molecule has 6 nitrogen and oxygen atoms in total. The second-order valence-corrected chi connectivity index (χ2v) is 6.32. The highest BCUT2D eigenvalue weighted by molar-refractivity contribution is 9.10. The van der Waals surface area contributed by atoms with Crippen LogP contribution < -0.4 is 20.1 Å². The first kappa shape index (κ1) is 18.0. The van der Waals surface area contributed by atoms with Crippen molar-refractivity contribution in [2.24, 2.45) is 0 Å². The first-order valence-corrected chi connectivity index (χ1v) is 8.83. The molecule has 3 rings (SSSR count). The minimum absolute atomic E-state index is 0.145. The fourth-order valence-corrected chi connectivity index (χ4v) is 2.88. The second-order valence-electron chi connectivity index (χ2n) is 5.46. The highest BCUT2D eigenvalue weighted by atomic mass is 79.9. The van der Waals surface area contributed by atoms with Crippen LogP contribution in [-0.4, -0.2) is 25.2 Å². The number of benzene rings is 2. The Morgan fingerprint density at radius 2 is 1.92 bits per heavy atom. The number of likely N-dealkylation sites (N-methyl/N-ethyl adjacent to an activating group) is 1. The van der Waals surface area contributed by atoms with Crippen LogP contribution in [0.2, 0.25) is 0 Å². The van der Waals surface area contributed by atoms with Crippen molar-refractivity contribution < 1.29 is 19.1 Å². The number of rotatable bonds is 5. The van der Waals surface area contributed by atoms with Crippen molar-refractivity contribution in [1.82, 2.24) is 10.6 Å². The molecule has 1 heterocycles. The van der Waals surface area contributed by atoms with E-state index in [1.165, 1.54) is 0 Å². The molecule has 0 saturated carbocycles. The van der Waals surface area contributed by atoms with E-state index in [1.54, 1.807) is 42.5 Å². The summed E-state index contributed by atoms with van der Waals surface area (Å²) >= 11 is 3.34. The van der Waals surface area contributed by atoms with Gasteiger partial charge in [0.05, 0.1) is 5.56 Å². The Morgan fingerprint density at radius 3 is 2.69 bits per heavy atom. The lowest BCUT2D eigenvalue weighted by molar-refractivity contribution is -0.117. The highest BCUT2D eigenvalue weighted by Crippen LogP contribution is 2.33. The van der Waals surface area contributed by atoms with Crippen LogP contribution in [-0.2, 0) is 4.79 Å². The Labute approximate surface area is 159 Å². The largest absolute Gasteiger partial charge is 0.454 e. The van der Waals surface area contributed by atoms with E-state index in [1.807, 2.05) is 13.0 Å². The van der Waals surface area contributed by atoms with Crippen LogP contribution in [0.3, 0.4) is 0 Å². The van der Waals surface area contributed by atoms with Crippen molar-refractivity contribution in [2.45, 2.75) is 6.92 Å². The minimum atomic E-state index is -0.379. The van der Waals surface area contributed by atoms with Crippen molar-refractivity contribution in [3.8, 4) is 11.5 Å². The maximum atomic E-state index is 12.6. The molecule has 0 bridgehead atoms. The van der Waals surface area contributed by atoms with Gasteiger partial charge >= 0.3 is 0 Å². The third kappa shape index (κ3) is 4.05. The van der Waals surface area contributed by atoms with E-state index in [4.69, 9.17) is 9.47 Å². The molecular weight excluding hydrogens is 400 g/mol. The molecule has 2 aromatic carbocycles. The van der Waals surface area contributed by atoms with Crippen LogP contribution in [0.5, 0.6) is 11.5 Å². The predicted molar refractivity (Wildman–Crippen MR) is 101 cm³/mol. The fraction of sp³-hybridized carbons (Fsp3) is 0.158. The number of hydrogen-bond donors (Lipinski definition) is 2. The zero-order valence-electron chi connectivity index (χ0n) is 14.0. The van der Waals surface area contributed by atoms with E-state index >= 15 is 0 Å². The first-order valence-electron chi connectivity index (χ1n) is 8.04. The molecule has 1 aliphatic rings. The Hall–Kier alpha value is -2.80. The van der Waals surface area contributed by atoms with Gasteiger partial charge in [-0.15, -0.1) is 0 Å². The molecular formula is C19H17BrN2O4. The van der Waals surface area contributed by atoms with E-state index in [0.717, 1.165) is 0 Å². The monoisotopic (exact) mass is 416 g/mol. The minimum Gasteiger partial charge on any atom is -0.454 e.